The molecule has 2 N–H and O–H groups in total. The number of aliphatic hydroxyl groups is 1. The number of ether oxygens (including phenoxy) is 1. The quantitative estimate of drug-likeness (QED) is 0.770. The maximum Gasteiger partial charge on any atom is 0.214 e. The molecular formula is C13H27NO4S. The predicted octanol–water partition coefficient (Wildman–Crippen LogP) is 1.13. The van der Waals surface area contributed by atoms with Gasteiger partial charge < -0.3 is 9.84 Å². The van der Waals surface area contributed by atoms with Crippen molar-refractivity contribution >= 4 is 10.0 Å². The summed E-state index contributed by atoms with van der Waals surface area (Å²) in [6, 6.07) is 0. The van der Waals surface area contributed by atoms with Gasteiger partial charge in [-0.15, -0.1) is 0 Å². The minimum absolute atomic E-state index is 0.0996. The van der Waals surface area contributed by atoms with Gasteiger partial charge in [0.15, 0.2) is 0 Å². The zero-order chi connectivity index (χ0) is 14.7. The lowest BCUT2D eigenvalue weighted by Gasteiger charge is -2.34. The van der Waals surface area contributed by atoms with E-state index < -0.39 is 21.5 Å². The van der Waals surface area contributed by atoms with Gasteiger partial charge >= 0.3 is 0 Å². The smallest absolute Gasteiger partial charge is 0.214 e. The SMILES string of the molecule is CC(C)[C@@H](O)C(C)(C)CNS(=O)(=O)C1CCOCC1. The van der Waals surface area contributed by atoms with Crippen LogP contribution in [0.15, 0.2) is 0 Å². The zero-order valence-corrected chi connectivity index (χ0v) is 13.2. The first-order chi connectivity index (χ1) is 8.67. The lowest BCUT2D eigenvalue weighted by molar-refractivity contribution is 0.0165. The molecule has 0 aromatic rings. The number of hydrogen-bond donors (Lipinski definition) is 2. The van der Waals surface area contributed by atoms with Gasteiger partial charge in [0, 0.05) is 25.2 Å². The van der Waals surface area contributed by atoms with Crippen molar-refractivity contribution in [3.8, 4) is 0 Å². The molecule has 0 aliphatic carbocycles. The van der Waals surface area contributed by atoms with Crippen molar-refractivity contribution < 1.29 is 18.3 Å². The first-order valence-corrected chi connectivity index (χ1v) is 8.46. The number of rotatable bonds is 6. The monoisotopic (exact) mass is 293 g/mol. The Morgan fingerprint density at radius 2 is 1.84 bits per heavy atom. The molecule has 0 bridgehead atoms. The molecule has 1 fully saturated rings. The average Bonchev–Trinajstić information content (AvgIpc) is 2.37. The molecule has 6 heteroatoms. The Morgan fingerprint density at radius 1 is 1.32 bits per heavy atom. The molecule has 1 heterocycles. The van der Waals surface area contributed by atoms with Crippen LogP contribution >= 0.6 is 0 Å². The second kappa shape index (κ2) is 6.52. The van der Waals surface area contributed by atoms with E-state index in [4.69, 9.17) is 4.74 Å². The fourth-order valence-corrected chi connectivity index (χ4v) is 4.02. The summed E-state index contributed by atoms with van der Waals surface area (Å²) in [7, 11) is -3.32. The molecule has 0 aromatic heterocycles. The minimum atomic E-state index is -3.32. The van der Waals surface area contributed by atoms with Crippen LogP contribution in [-0.2, 0) is 14.8 Å². The van der Waals surface area contributed by atoms with Crippen molar-refractivity contribution in [3.63, 3.8) is 0 Å². The molecule has 5 nitrogen and oxygen atoms in total. The van der Waals surface area contributed by atoms with E-state index in [0.29, 0.717) is 26.1 Å². The van der Waals surface area contributed by atoms with Gasteiger partial charge in [-0.25, -0.2) is 13.1 Å². The van der Waals surface area contributed by atoms with Gasteiger partial charge in [-0.05, 0) is 18.8 Å². The molecule has 114 valence electrons. The number of sulfonamides is 1. The maximum absolute atomic E-state index is 12.2. The predicted molar refractivity (Wildman–Crippen MR) is 75.4 cm³/mol. The zero-order valence-electron chi connectivity index (χ0n) is 12.3. The van der Waals surface area contributed by atoms with Crippen LogP contribution in [0.3, 0.4) is 0 Å². The first-order valence-electron chi connectivity index (χ1n) is 6.91. The van der Waals surface area contributed by atoms with Crippen molar-refractivity contribution in [1.29, 1.82) is 0 Å². The Bertz CT molecular complexity index is 372. The van der Waals surface area contributed by atoms with E-state index >= 15 is 0 Å². The van der Waals surface area contributed by atoms with Crippen LogP contribution in [0.4, 0.5) is 0 Å². The van der Waals surface area contributed by atoms with E-state index in [1.165, 1.54) is 0 Å². The van der Waals surface area contributed by atoms with Crippen molar-refractivity contribution in [2.45, 2.75) is 51.9 Å². The molecule has 1 rings (SSSR count). The molecule has 0 radical (unpaired) electrons. The Labute approximate surface area is 116 Å². The van der Waals surface area contributed by atoms with Crippen molar-refractivity contribution in [2.24, 2.45) is 11.3 Å². The lowest BCUT2D eigenvalue weighted by atomic mass is 9.81. The Morgan fingerprint density at radius 3 is 2.32 bits per heavy atom. The standard InChI is InChI=1S/C13H27NO4S/c1-10(2)12(15)13(3,4)9-14-19(16,17)11-5-7-18-8-6-11/h10-12,14-15H,5-9H2,1-4H3/t12-/m1/s1. The van der Waals surface area contributed by atoms with Crippen LogP contribution in [0.25, 0.3) is 0 Å². The van der Waals surface area contributed by atoms with Crippen molar-refractivity contribution in [3.05, 3.63) is 0 Å². The van der Waals surface area contributed by atoms with Crippen LogP contribution in [0.5, 0.6) is 0 Å². The van der Waals surface area contributed by atoms with Gasteiger partial charge in [0.1, 0.15) is 0 Å². The highest BCUT2D eigenvalue weighted by atomic mass is 32.2. The van der Waals surface area contributed by atoms with Crippen LogP contribution in [0.2, 0.25) is 0 Å². The van der Waals surface area contributed by atoms with Crippen LogP contribution in [0.1, 0.15) is 40.5 Å². The minimum Gasteiger partial charge on any atom is -0.392 e. The van der Waals surface area contributed by atoms with E-state index in [1.54, 1.807) is 0 Å². The van der Waals surface area contributed by atoms with Crippen molar-refractivity contribution in [2.75, 3.05) is 19.8 Å². The summed E-state index contributed by atoms with van der Waals surface area (Å²) in [4.78, 5) is 0. The van der Waals surface area contributed by atoms with Crippen LogP contribution in [0, 0.1) is 11.3 Å². The third-order valence-electron chi connectivity index (χ3n) is 3.77. The van der Waals surface area contributed by atoms with Gasteiger partial charge in [-0.2, -0.15) is 0 Å². The molecule has 0 saturated carbocycles. The highest BCUT2D eigenvalue weighted by molar-refractivity contribution is 7.90. The first kappa shape index (κ1) is 16.9. The fraction of sp³-hybridized carbons (Fsp3) is 1.00. The summed E-state index contributed by atoms with van der Waals surface area (Å²) in [6.07, 6.45) is 0.551. The van der Waals surface area contributed by atoms with E-state index in [1.807, 2.05) is 27.7 Å². The Balaban J connectivity index is 2.59. The van der Waals surface area contributed by atoms with E-state index in [9.17, 15) is 13.5 Å². The molecule has 1 atom stereocenters. The Kier molecular flexibility index (Phi) is 5.79. The topological polar surface area (TPSA) is 75.6 Å². The van der Waals surface area contributed by atoms with Gasteiger partial charge in [0.25, 0.3) is 0 Å². The van der Waals surface area contributed by atoms with Gasteiger partial charge in [-0.1, -0.05) is 27.7 Å². The molecule has 1 aliphatic rings. The van der Waals surface area contributed by atoms with Gasteiger partial charge in [0.05, 0.1) is 11.4 Å². The molecule has 0 unspecified atom stereocenters. The summed E-state index contributed by atoms with van der Waals surface area (Å²) in [5.41, 5.74) is -0.480. The normalized spacial score (nSPS) is 20.7. The largest absolute Gasteiger partial charge is 0.392 e. The van der Waals surface area contributed by atoms with Crippen molar-refractivity contribution in [1.82, 2.24) is 4.72 Å². The van der Waals surface area contributed by atoms with Gasteiger partial charge in [-0.3, -0.25) is 0 Å². The fourth-order valence-electron chi connectivity index (χ4n) is 2.40. The molecule has 1 aliphatic heterocycles. The third kappa shape index (κ3) is 4.70. The molecule has 1 saturated heterocycles. The lowest BCUT2D eigenvalue weighted by Crippen LogP contribution is -2.46. The summed E-state index contributed by atoms with van der Waals surface area (Å²) < 4.78 is 32.2. The number of nitrogens with one attached hydrogen (secondary N) is 1. The maximum atomic E-state index is 12.2. The summed E-state index contributed by atoms with van der Waals surface area (Å²) in [6.45, 7) is 8.88. The molecule has 0 spiro atoms. The van der Waals surface area contributed by atoms with E-state index in [2.05, 4.69) is 4.72 Å². The average molecular weight is 293 g/mol. The van der Waals surface area contributed by atoms with E-state index in [-0.39, 0.29) is 17.7 Å². The second-order valence-electron chi connectivity index (χ2n) is 6.36. The van der Waals surface area contributed by atoms with Crippen LogP contribution in [-0.4, -0.2) is 44.6 Å². The number of aliphatic hydroxyl groups excluding tert-OH is 1. The summed E-state index contributed by atoms with van der Waals surface area (Å²) in [5, 5.41) is 9.74. The highest BCUT2D eigenvalue weighted by Crippen LogP contribution is 2.26. The molecule has 0 amide bonds. The molecule has 0 aromatic carbocycles. The van der Waals surface area contributed by atoms with E-state index in [0.717, 1.165) is 0 Å². The third-order valence-corrected chi connectivity index (χ3v) is 5.66. The van der Waals surface area contributed by atoms with Crippen LogP contribution < -0.4 is 4.72 Å². The summed E-state index contributed by atoms with van der Waals surface area (Å²) in [5.74, 6) is 0.0996. The highest BCUT2D eigenvalue weighted by Gasteiger charge is 2.34. The summed E-state index contributed by atoms with van der Waals surface area (Å²) >= 11 is 0. The molecular weight excluding hydrogens is 266 g/mol. The Hall–Kier alpha value is -0.170. The molecule has 19 heavy (non-hydrogen) atoms. The number of hydrogen-bond acceptors (Lipinski definition) is 4. The second-order valence-corrected chi connectivity index (χ2v) is 8.40. The van der Waals surface area contributed by atoms with Gasteiger partial charge in [0.2, 0.25) is 10.0 Å².